The van der Waals surface area contributed by atoms with Gasteiger partial charge in [0.25, 0.3) is 0 Å². The van der Waals surface area contributed by atoms with Gasteiger partial charge in [-0.2, -0.15) is 0 Å². The summed E-state index contributed by atoms with van der Waals surface area (Å²) in [6.45, 7) is 20.6. The molecule has 0 fully saturated rings. The third kappa shape index (κ3) is 27.2. The van der Waals surface area contributed by atoms with Gasteiger partial charge in [0.05, 0.1) is 0 Å². The van der Waals surface area contributed by atoms with E-state index in [1.165, 1.54) is 38.5 Å². The SMILES string of the molecule is CCCCCOCCCCC.C[C](C)(C)[Sn][C](C)(C)C. The molecule has 1 nitrogen and oxygen atoms in total. The van der Waals surface area contributed by atoms with Crippen LogP contribution in [-0.4, -0.2) is 34.4 Å². The number of rotatable bonds is 8. The van der Waals surface area contributed by atoms with Crippen LogP contribution in [0.1, 0.15) is 93.9 Å². The summed E-state index contributed by atoms with van der Waals surface area (Å²) in [4.78, 5) is 0. The van der Waals surface area contributed by atoms with Crippen LogP contribution in [0.5, 0.6) is 0 Å². The van der Waals surface area contributed by atoms with Gasteiger partial charge in [-0.15, -0.1) is 0 Å². The summed E-state index contributed by atoms with van der Waals surface area (Å²) in [7, 11) is 0. The molecule has 0 aromatic carbocycles. The van der Waals surface area contributed by atoms with Crippen LogP contribution in [0.3, 0.4) is 0 Å². The molecule has 20 heavy (non-hydrogen) atoms. The minimum atomic E-state index is -0.182. The molecule has 0 heterocycles. The molecule has 0 aliphatic carbocycles. The van der Waals surface area contributed by atoms with Gasteiger partial charge < -0.3 is 4.74 Å². The van der Waals surface area contributed by atoms with E-state index in [0.29, 0.717) is 6.86 Å². The van der Waals surface area contributed by atoms with E-state index in [4.69, 9.17) is 4.74 Å². The Morgan fingerprint density at radius 2 is 1.00 bits per heavy atom. The average molecular weight is 391 g/mol. The van der Waals surface area contributed by atoms with Crippen LogP contribution in [0.15, 0.2) is 0 Å². The molecule has 0 aromatic rings. The molecule has 0 saturated carbocycles. The van der Waals surface area contributed by atoms with Crippen molar-refractivity contribution in [2.75, 3.05) is 13.2 Å². The second kappa shape index (κ2) is 13.4. The molecule has 0 rings (SSSR count). The van der Waals surface area contributed by atoms with Crippen molar-refractivity contribution >= 4 is 21.1 Å². The zero-order chi connectivity index (χ0) is 16.1. The second-order valence-electron chi connectivity index (χ2n) is 7.65. The van der Waals surface area contributed by atoms with E-state index in [2.05, 4.69) is 55.4 Å². The van der Waals surface area contributed by atoms with Gasteiger partial charge >= 0.3 is 69.5 Å². The summed E-state index contributed by atoms with van der Waals surface area (Å²) >= 11 is -0.182. The molecular weight excluding hydrogens is 351 g/mol. The second-order valence-corrected chi connectivity index (χ2v) is 16.9. The van der Waals surface area contributed by atoms with E-state index in [1.54, 1.807) is 0 Å². The first kappa shape index (κ1) is 23.0. The molecule has 0 aromatic heterocycles. The van der Waals surface area contributed by atoms with Crippen LogP contribution in [-0.2, 0) is 4.74 Å². The van der Waals surface area contributed by atoms with Gasteiger partial charge in [0.1, 0.15) is 0 Å². The van der Waals surface area contributed by atoms with E-state index < -0.39 is 0 Å². The minimum absolute atomic E-state index is 0.182. The Kier molecular flexibility index (Phi) is 15.5. The van der Waals surface area contributed by atoms with Crippen molar-refractivity contribution in [3.05, 3.63) is 0 Å². The zero-order valence-corrected chi connectivity index (χ0v) is 18.4. The first-order chi connectivity index (χ1) is 9.12. The normalized spacial score (nSPS) is 12.0. The quantitative estimate of drug-likeness (QED) is 0.339. The summed E-state index contributed by atoms with van der Waals surface area (Å²) in [6, 6.07) is 0. The summed E-state index contributed by atoms with van der Waals surface area (Å²) in [5, 5.41) is 0. The maximum atomic E-state index is 5.44. The number of unbranched alkanes of at least 4 members (excludes halogenated alkanes) is 4. The Balaban J connectivity index is 0. The van der Waals surface area contributed by atoms with Crippen molar-refractivity contribution in [3.8, 4) is 0 Å². The van der Waals surface area contributed by atoms with E-state index in [9.17, 15) is 0 Å². The first-order valence-electron chi connectivity index (χ1n) is 8.49. The molecule has 0 saturated heterocycles. The van der Waals surface area contributed by atoms with Crippen LogP contribution in [0, 0.1) is 0 Å². The fourth-order valence-electron chi connectivity index (χ4n) is 2.14. The average Bonchev–Trinajstić information content (AvgIpc) is 2.24. The van der Waals surface area contributed by atoms with Crippen LogP contribution < -0.4 is 0 Å². The predicted octanol–water partition coefficient (Wildman–Crippen LogP) is 6.51. The Morgan fingerprint density at radius 1 is 0.650 bits per heavy atom. The Labute approximate surface area is 139 Å². The maximum absolute atomic E-state index is 5.44. The van der Waals surface area contributed by atoms with Gasteiger partial charge in [0.15, 0.2) is 0 Å². The molecule has 0 atom stereocenters. The summed E-state index contributed by atoms with van der Waals surface area (Å²) < 4.78 is 6.75. The van der Waals surface area contributed by atoms with Crippen molar-refractivity contribution in [3.63, 3.8) is 0 Å². The van der Waals surface area contributed by atoms with Gasteiger partial charge in [0.2, 0.25) is 0 Å². The van der Waals surface area contributed by atoms with Crippen LogP contribution in [0.25, 0.3) is 0 Å². The van der Waals surface area contributed by atoms with Crippen LogP contribution >= 0.6 is 0 Å². The van der Waals surface area contributed by atoms with Gasteiger partial charge in [0, 0.05) is 13.2 Å². The molecule has 122 valence electrons. The van der Waals surface area contributed by atoms with Gasteiger partial charge in [-0.05, 0) is 12.8 Å². The molecule has 0 N–H and O–H groups in total. The molecule has 0 amide bonds. The van der Waals surface area contributed by atoms with E-state index in [-0.39, 0.29) is 21.1 Å². The van der Waals surface area contributed by atoms with Crippen LogP contribution in [0.2, 0.25) is 6.86 Å². The predicted molar refractivity (Wildman–Crippen MR) is 95.1 cm³/mol. The molecule has 2 radical (unpaired) electrons. The topological polar surface area (TPSA) is 9.23 Å². The third-order valence-corrected chi connectivity index (χ3v) is 6.82. The van der Waals surface area contributed by atoms with E-state index >= 15 is 0 Å². The molecule has 0 bridgehead atoms. The monoisotopic (exact) mass is 392 g/mol. The van der Waals surface area contributed by atoms with Gasteiger partial charge in [-0.3, -0.25) is 0 Å². The summed E-state index contributed by atoms with van der Waals surface area (Å²) in [5.74, 6) is 0. The van der Waals surface area contributed by atoms with Crippen molar-refractivity contribution in [1.29, 1.82) is 0 Å². The fraction of sp³-hybridized carbons (Fsp3) is 1.00. The Morgan fingerprint density at radius 3 is 1.20 bits per heavy atom. The molecule has 2 heteroatoms. The van der Waals surface area contributed by atoms with Crippen molar-refractivity contribution < 1.29 is 4.74 Å². The van der Waals surface area contributed by atoms with Gasteiger partial charge in [-0.1, -0.05) is 39.5 Å². The third-order valence-electron chi connectivity index (χ3n) is 2.53. The molecule has 0 aliphatic rings. The number of ether oxygens (including phenoxy) is 1. The standard InChI is InChI=1S/C10H22O.2C4H9.Sn/c1-3-5-7-9-11-10-8-6-4-2;2*1-4(2)3;/h3-10H2,1-2H3;2*1-3H3;. The summed E-state index contributed by atoms with van der Waals surface area (Å²) in [6.07, 6.45) is 7.68. The fourth-order valence-corrected chi connectivity index (χ4v) is 8.56. The molecule has 0 unspecified atom stereocenters. The Bertz CT molecular complexity index is 169. The van der Waals surface area contributed by atoms with E-state index in [0.717, 1.165) is 13.2 Å². The molecule has 0 aliphatic heterocycles. The van der Waals surface area contributed by atoms with Crippen molar-refractivity contribution in [2.45, 2.75) is 101 Å². The summed E-state index contributed by atoms with van der Waals surface area (Å²) in [5.41, 5.74) is 0. The number of hydrogen-bond acceptors (Lipinski definition) is 1. The zero-order valence-electron chi connectivity index (χ0n) is 15.6. The van der Waals surface area contributed by atoms with Crippen molar-refractivity contribution in [2.24, 2.45) is 0 Å². The van der Waals surface area contributed by atoms with Crippen LogP contribution in [0.4, 0.5) is 0 Å². The molecule has 0 spiro atoms. The number of hydrogen-bond donors (Lipinski definition) is 0. The van der Waals surface area contributed by atoms with E-state index in [1.807, 2.05) is 0 Å². The van der Waals surface area contributed by atoms with Gasteiger partial charge in [-0.25, -0.2) is 0 Å². The molecular formula is C18H40OSn. The van der Waals surface area contributed by atoms with Crippen molar-refractivity contribution in [1.82, 2.24) is 0 Å². The Hall–Kier alpha value is 0.759. The first-order valence-corrected chi connectivity index (χ1v) is 11.3.